The van der Waals surface area contributed by atoms with Gasteiger partial charge in [0.15, 0.2) is 0 Å². The molecule has 0 spiro atoms. The number of rotatable bonds is 9. The smallest absolute Gasteiger partial charge is 0.307 e. The van der Waals surface area contributed by atoms with Crippen molar-refractivity contribution in [3.8, 4) is 5.75 Å². The summed E-state index contributed by atoms with van der Waals surface area (Å²) in [6, 6.07) is 18.9. The van der Waals surface area contributed by atoms with Gasteiger partial charge in [0.05, 0.1) is 13.0 Å². The van der Waals surface area contributed by atoms with Gasteiger partial charge in [0.2, 0.25) is 0 Å². The van der Waals surface area contributed by atoms with Crippen LogP contribution in [0, 0.1) is 0 Å². The van der Waals surface area contributed by atoms with Crippen LogP contribution in [0.2, 0.25) is 0 Å². The number of likely N-dealkylation sites (tertiary alicyclic amines) is 1. The van der Waals surface area contributed by atoms with Crippen molar-refractivity contribution >= 4 is 12.0 Å². The van der Waals surface area contributed by atoms with Crippen molar-refractivity contribution in [2.45, 2.75) is 58.5 Å². The van der Waals surface area contributed by atoms with Gasteiger partial charge in [-0.15, -0.1) is 0 Å². The molecule has 0 atom stereocenters. The molecule has 0 radical (unpaired) electrons. The first-order valence-electron chi connectivity index (χ1n) is 11.8. The van der Waals surface area contributed by atoms with Crippen molar-refractivity contribution in [3.63, 3.8) is 0 Å². The molecule has 0 unspecified atom stereocenters. The van der Waals surface area contributed by atoms with E-state index < -0.39 is 5.60 Å². The molecule has 4 heteroatoms. The van der Waals surface area contributed by atoms with Gasteiger partial charge in [-0.1, -0.05) is 54.1 Å². The maximum Gasteiger partial charge on any atom is 0.307 e. The van der Waals surface area contributed by atoms with Crippen LogP contribution in [0.25, 0.3) is 6.08 Å². The quantitative estimate of drug-likeness (QED) is 0.363. The SMILES string of the molecule is CC(C)(C)OC(=O)CCN1CCCC(=Cc2ccc(OCCCc3ccccc3)cc2)C1. The summed E-state index contributed by atoms with van der Waals surface area (Å²) in [5.74, 6) is 0.802. The van der Waals surface area contributed by atoms with Crippen LogP contribution in [0.5, 0.6) is 5.75 Å². The Hall–Kier alpha value is -2.59. The molecule has 0 aromatic heterocycles. The fourth-order valence-electron chi connectivity index (χ4n) is 3.93. The lowest BCUT2D eigenvalue weighted by Gasteiger charge is -2.29. The van der Waals surface area contributed by atoms with Gasteiger partial charge in [-0.3, -0.25) is 9.69 Å². The van der Waals surface area contributed by atoms with E-state index in [1.165, 1.54) is 16.7 Å². The van der Waals surface area contributed by atoms with Gasteiger partial charge in [-0.2, -0.15) is 0 Å². The van der Waals surface area contributed by atoms with Gasteiger partial charge < -0.3 is 9.47 Å². The normalized spacial score (nSPS) is 16.2. The third kappa shape index (κ3) is 8.88. The van der Waals surface area contributed by atoms with E-state index in [4.69, 9.17) is 9.47 Å². The maximum atomic E-state index is 12.0. The monoisotopic (exact) mass is 435 g/mol. The largest absolute Gasteiger partial charge is 0.494 e. The summed E-state index contributed by atoms with van der Waals surface area (Å²) in [6.45, 7) is 9.16. The zero-order chi connectivity index (χ0) is 22.8. The number of nitrogens with zero attached hydrogens (tertiary/aromatic N) is 1. The number of carbonyl (C=O) groups is 1. The topological polar surface area (TPSA) is 38.8 Å². The number of benzene rings is 2. The van der Waals surface area contributed by atoms with E-state index in [1.807, 2.05) is 26.8 Å². The third-order valence-corrected chi connectivity index (χ3v) is 5.42. The lowest BCUT2D eigenvalue weighted by atomic mass is 10.0. The summed E-state index contributed by atoms with van der Waals surface area (Å²) >= 11 is 0. The summed E-state index contributed by atoms with van der Waals surface area (Å²) in [5.41, 5.74) is 3.55. The van der Waals surface area contributed by atoms with Crippen molar-refractivity contribution in [2.24, 2.45) is 0 Å². The Labute approximate surface area is 193 Å². The molecule has 0 bridgehead atoms. The number of hydrogen-bond acceptors (Lipinski definition) is 4. The molecule has 172 valence electrons. The Morgan fingerprint density at radius 3 is 2.53 bits per heavy atom. The highest BCUT2D eigenvalue weighted by Crippen LogP contribution is 2.21. The van der Waals surface area contributed by atoms with Crippen LogP contribution in [-0.2, 0) is 16.0 Å². The van der Waals surface area contributed by atoms with Gasteiger partial charge in [0.1, 0.15) is 11.4 Å². The van der Waals surface area contributed by atoms with Crippen molar-refractivity contribution < 1.29 is 14.3 Å². The van der Waals surface area contributed by atoms with E-state index in [-0.39, 0.29) is 5.97 Å². The summed E-state index contributed by atoms with van der Waals surface area (Å²) in [4.78, 5) is 14.3. The van der Waals surface area contributed by atoms with E-state index in [1.54, 1.807) is 0 Å². The Kier molecular flexibility index (Phi) is 8.92. The molecule has 4 nitrogen and oxygen atoms in total. The molecule has 1 fully saturated rings. The van der Waals surface area contributed by atoms with E-state index in [0.29, 0.717) is 6.42 Å². The molecule has 0 N–H and O–H groups in total. The highest BCUT2D eigenvalue weighted by molar-refractivity contribution is 5.70. The zero-order valence-electron chi connectivity index (χ0n) is 19.8. The van der Waals surface area contributed by atoms with Crippen molar-refractivity contribution in [3.05, 3.63) is 71.3 Å². The lowest BCUT2D eigenvalue weighted by molar-refractivity contribution is -0.155. The van der Waals surface area contributed by atoms with Gasteiger partial charge in [0, 0.05) is 13.1 Å². The summed E-state index contributed by atoms with van der Waals surface area (Å²) in [6.07, 6.45) is 7.01. The fraction of sp³-hybridized carbons (Fsp3) is 0.464. The number of esters is 1. The predicted molar refractivity (Wildman–Crippen MR) is 131 cm³/mol. The van der Waals surface area contributed by atoms with Crippen LogP contribution in [0.15, 0.2) is 60.2 Å². The first-order valence-corrected chi connectivity index (χ1v) is 11.8. The second kappa shape index (κ2) is 11.9. The van der Waals surface area contributed by atoms with Crippen LogP contribution < -0.4 is 4.74 Å². The molecule has 1 aliphatic heterocycles. The molecule has 1 saturated heterocycles. The lowest BCUT2D eigenvalue weighted by Crippen LogP contribution is -2.34. The standard InChI is InChI=1S/C28H37NO3/c1-28(2,3)32-27(30)17-19-29-18-7-11-25(22-29)21-24-13-15-26(16-14-24)31-20-8-12-23-9-5-4-6-10-23/h4-6,9-10,13-16,21H,7-8,11-12,17-20,22H2,1-3H3. The number of carbonyl (C=O) groups excluding carboxylic acids is 1. The minimum Gasteiger partial charge on any atom is -0.494 e. The van der Waals surface area contributed by atoms with E-state index in [0.717, 1.165) is 57.7 Å². The molecule has 1 aliphatic rings. The van der Waals surface area contributed by atoms with Crippen LogP contribution >= 0.6 is 0 Å². The van der Waals surface area contributed by atoms with E-state index in [9.17, 15) is 4.79 Å². The van der Waals surface area contributed by atoms with E-state index in [2.05, 4.69) is 59.5 Å². The first kappa shape index (κ1) is 24.1. The maximum absolute atomic E-state index is 12.0. The molecular weight excluding hydrogens is 398 g/mol. The predicted octanol–water partition coefficient (Wildman–Crippen LogP) is 5.91. The summed E-state index contributed by atoms with van der Waals surface area (Å²) in [5, 5.41) is 0. The summed E-state index contributed by atoms with van der Waals surface area (Å²) < 4.78 is 11.3. The number of piperidine rings is 1. The summed E-state index contributed by atoms with van der Waals surface area (Å²) in [7, 11) is 0. The zero-order valence-corrected chi connectivity index (χ0v) is 19.8. The Morgan fingerprint density at radius 2 is 1.81 bits per heavy atom. The second-order valence-electron chi connectivity index (χ2n) is 9.53. The van der Waals surface area contributed by atoms with Crippen molar-refractivity contribution in [2.75, 3.05) is 26.2 Å². The average molecular weight is 436 g/mol. The Balaban J connectivity index is 1.42. The number of aryl methyl sites for hydroxylation is 1. The minimum atomic E-state index is -0.415. The molecule has 0 saturated carbocycles. The molecule has 0 aliphatic carbocycles. The molecule has 3 rings (SSSR count). The van der Waals surface area contributed by atoms with Crippen molar-refractivity contribution in [1.82, 2.24) is 4.90 Å². The average Bonchev–Trinajstić information content (AvgIpc) is 2.76. The highest BCUT2D eigenvalue weighted by Gasteiger charge is 2.19. The third-order valence-electron chi connectivity index (χ3n) is 5.42. The minimum absolute atomic E-state index is 0.118. The fourth-order valence-corrected chi connectivity index (χ4v) is 3.93. The number of hydrogen-bond donors (Lipinski definition) is 0. The van der Waals surface area contributed by atoms with Gasteiger partial charge >= 0.3 is 5.97 Å². The Morgan fingerprint density at radius 1 is 1.06 bits per heavy atom. The van der Waals surface area contributed by atoms with E-state index >= 15 is 0 Å². The van der Waals surface area contributed by atoms with Crippen molar-refractivity contribution in [1.29, 1.82) is 0 Å². The second-order valence-corrected chi connectivity index (χ2v) is 9.53. The number of ether oxygens (including phenoxy) is 2. The Bertz CT molecular complexity index is 866. The van der Waals surface area contributed by atoms with Crippen LogP contribution in [-0.4, -0.2) is 42.7 Å². The van der Waals surface area contributed by atoms with Crippen LogP contribution in [0.3, 0.4) is 0 Å². The first-order chi connectivity index (χ1) is 15.4. The van der Waals surface area contributed by atoms with Crippen LogP contribution in [0.1, 0.15) is 57.6 Å². The molecular formula is C28H37NO3. The van der Waals surface area contributed by atoms with Gasteiger partial charge in [0.25, 0.3) is 0 Å². The van der Waals surface area contributed by atoms with Crippen LogP contribution in [0.4, 0.5) is 0 Å². The molecule has 2 aromatic carbocycles. The highest BCUT2D eigenvalue weighted by atomic mass is 16.6. The van der Waals surface area contributed by atoms with Gasteiger partial charge in [-0.25, -0.2) is 0 Å². The molecule has 0 amide bonds. The molecule has 32 heavy (non-hydrogen) atoms. The van der Waals surface area contributed by atoms with Gasteiger partial charge in [-0.05, 0) is 76.3 Å². The molecule has 1 heterocycles. The molecule has 2 aromatic rings.